The highest BCUT2D eigenvalue weighted by atomic mass is 16.7. The Labute approximate surface area is 77.6 Å². The lowest BCUT2D eigenvalue weighted by Gasteiger charge is -2.06. The van der Waals surface area contributed by atoms with E-state index in [0.29, 0.717) is 0 Å². The van der Waals surface area contributed by atoms with Crippen LogP contribution in [-0.4, -0.2) is 48.2 Å². The lowest BCUT2D eigenvalue weighted by molar-refractivity contribution is 0.319. The van der Waals surface area contributed by atoms with Crippen LogP contribution >= 0.6 is 0 Å². The van der Waals surface area contributed by atoms with Gasteiger partial charge >= 0.3 is 21.6 Å². The van der Waals surface area contributed by atoms with E-state index in [4.69, 9.17) is 13.8 Å². The molecule has 13 heavy (non-hydrogen) atoms. The highest BCUT2D eigenvalue weighted by Gasteiger charge is 2.36. The van der Waals surface area contributed by atoms with Crippen LogP contribution in [0.25, 0.3) is 0 Å². The molecule has 9 heteroatoms. The maximum atomic E-state index is 5.15. The molecule has 1 aliphatic rings. The van der Waals surface area contributed by atoms with Crippen molar-refractivity contribution in [2.75, 3.05) is 6.51 Å². The molecule has 0 saturated carbocycles. The van der Waals surface area contributed by atoms with E-state index < -0.39 is 21.6 Å². The summed E-state index contributed by atoms with van der Waals surface area (Å²) in [6.45, 7) is 10.1. The minimum atomic E-state index is -0.839. The summed E-state index contributed by atoms with van der Waals surface area (Å²) in [5.74, 6) is 0. The fourth-order valence-electron chi connectivity index (χ4n) is 0.787. The summed E-state index contributed by atoms with van der Waals surface area (Å²) < 4.78 is 15.3. The van der Waals surface area contributed by atoms with Crippen molar-refractivity contribution in [2.24, 2.45) is 14.7 Å². The van der Waals surface area contributed by atoms with Crippen molar-refractivity contribution in [1.82, 2.24) is 0 Å². The van der Waals surface area contributed by atoms with Crippen molar-refractivity contribution >= 4 is 41.7 Å². The van der Waals surface area contributed by atoms with E-state index in [-0.39, 0.29) is 6.51 Å². The number of rotatable bonds is 3. The molecule has 1 aliphatic heterocycles. The molecule has 0 aliphatic carbocycles. The zero-order chi connectivity index (χ0) is 9.68. The second-order valence-electron chi connectivity index (χ2n) is 2.22. The smallest absolute Gasteiger partial charge is 0.434 e. The van der Waals surface area contributed by atoms with Crippen LogP contribution in [0.5, 0.6) is 0 Å². The second-order valence-corrected chi connectivity index (χ2v) is 2.22. The molecule has 6 nitrogen and oxygen atoms in total. The van der Waals surface area contributed by atoms with Crippen LogP contribution in [0.2, 0.25) is 0 Å². The van der Waals surface area contributed by atoms with E-state index in [1.165, 1.54) is 0 Å². The Morgan fingerprint density at radius 3 is 2.15 bits per heavy atom. The van der Waals surface area contributed by atoms with Crippen LogP contribution in [0.1, 0.15) is 0 Å². The van der Waals surface area contributed by atoms with Gasteiger partial charge in [-0.2, -0.15) is 0 Å². The summed E-state index contributed by atoms with van der Waals surface area (Å²) in [7, 11) is -2.14. The maximum Gasteiger partial charge on any atom is 0.598 e. The predicted molar refractivity (Wildman–Crippen MR) is 54.0 cm³/mol. The van der Waals surface area contributed by atoms with Crippen molar-refractivity contribution in [1.29, 1.82) is 0 Å². The van der Waals surface area contributed by atoms with Gasteiger partial charge in [0.25, 0.3) is 0 Å². The molecule has 0 N–H and O–H groups in total. The molecule has 0 aromatic carbocycles. The lowest BCUT2D eigenvalue weighted by Crippen LogP contribution is -2.30. The van der Waals surface area contributed by atoms with Gasteiger partial charge in [0.15, 0.2) is 0 Å². The summed E-state index contributed by atoms with van der Waals surface area (Å²) in [6, 6.07) is 0. The van der Waals surface area contributed by atoms with E-state index >= 15 is 0 Å². The molecular weight excluding hydrogens is 170 g/mol. The molecule has 0 unspecified atom stereocenters. The van der Waals surface area contributed by atoms with Crippen molar-refractivity contribution in [3.05, 3.63) is 0 Å². The van der Waals surface area contributed by atoms with Gasteiger partial charge in [-0.15, -0.1) is 0 Å². The standard InChI is InChI=1S/C4H8B3N3O3/c1-8-5-4-11-6(9-2)13-7(10-3)12-5/h1-4H2. The topological polar surface area (TPSA) is 64.8 Å². The molecule has 0 spiro atoms. The van der Waals surface area contributed by atoms with Crippen LogP contribution in [0.3, 0.4) is 0 Å². The Balaban J connectivity index is 2.60. The first-order valence-corrected chi connectivity index (χ1v) is 3.60. The van der Waals surface area contributed by atoms with Gasteiger partial charge in [-0.25, -0.2) is 0 Å². The Bertz CT molecular complexity index is 198. The van der Waals surface area contributed by atoms with Gasteiger partial charge < -0.3 is 18.7 Å². The molecule has 1 heterocycles. The first-order valence-electron chi connectivity index (χ1n) is 3.60. The van der Waals surface area contributed by atoms with E-state index in [2.05, 4.69) is 34.9 Å². The molecule has 1 fully saturated rings. The zero-order valence-corrected chi connectivity index (χ0v) is 7.13. The van der Waals surface area contributed by atoms with Gasteiger partial charge in [-0.3, -0.25) is 9.81 Å². The lowest BCUT2D eigenvalue weighted by atomic mass is 9.83. The minimum absolute atomic E-state index is 0.208. The van der Waals surface area contributed by atoms with Crippen LogP contribution in [0.15, 0.2) is 14.7 Å². The van der Waals surface area contributed by atoms with Gasteiger partial charge in [-0.05, 0) is 20.2 Å². The van der Waals surface area contributed by atoms with Crippen molar-refractivity contribution in [3.8, 4) is 0 Å². The summed E-state index contributed by atoms with van der Waals surface area (Å²) in [6.07, 6.45) is 0. The van der Waals surface area contributed by atoms with E-state index in [1.54, 1.807) is 0 Å². The average Bonchev–Trinajstić information content (AvgIpc) is 2.39. The molecule has 1 saturated heterocycles. The van der Waals surface area contributed by atoms with Crippen LogP contribution < -0.4 is 0 Å². The predicted octanol–water partition coefficient (Wildman–Crippen LogP) is -0.851. The largest absolute Gasteiger partial charge is 0.598 e. The van der Waals surface area contributed by atoms with Crippen molar-refractivity contribution in [2.45, 2.75) is 0 Å². The Kier molecular flexibility index (Phi) is 3.87. The molecule has 0 amide bonds. The van der Waals surface area contributed by atoms with Gasteiger partial charge in [0, 0.05) is 0 Å². The van der Waals surface area contributed by atoms with Crippen molar-refractivity contribution < 1.29 is 13.8 Å². The summed E-state index contributed by atoms with van der Waals surface area (Å²) in [5, 5.41) is 0. The van der Waals surface area contributed by atoms with Crippen molar-refractivity contribution in [3.63, 3.8) is 0 Å². The Morgan fingerprint density at radius 1 is 0.923 bits per heavy atom. The van der Waals surface area contributed by atoms with E-state index in [9.17, 15) is 0 Å². The highest BCUT2D eigenvalue weighted by molar-refractivity contribution is 6.68. The quantitative estimate of drug-likeness (QED) is 0.418. The summed E-state index contributed by atoms with van der Waals surface area (Å²) in [4.78, 5) is 10.8. The maximum absolute atomic E-state index is 5.15. The highest BCUT2D eigenvalue weighted by Crippen LogP contribution is 2.06. The van der Waals surface area contributed by atoms with Crippen LogP contribution in [0, 0.1) is 0 Å². The van der Waals surface area contributed by atoms with Gasteiger partial charge in [0.2, 0.25) is 0 Å². The zero-order valence-electron chi connectivity index (χ0n) is 7.13. The molecule has 0 atom stereocenters. The SMILES string of the molecule is C=NB1COB(N=C)OB(N=C)O1. The molecule has 0 bridgehead atoms. The molecule has 0 aromatic rings. The molecule has 66 valence electrons. The molecule has 1 rings (SSSR count). The third-order valence-electron chi connectivity index (χ3n) is 1.39. The third kappa shape index (κ3) is 2.80. The first kappa shape index (κ1) is 10.2. The first-order chi connectivity index (χ1) is 6.30. The van der Waals surface area contributed by atoms with Gasteiger partial charge in [0.05, 0.1) is 6.51 Å². The Hall–Kier alpha value is -0.915. The monoisotopic (exact) mass is 179 g/mol. The summed E-state index contributed by atoms with van der Waals surface area (Å²) >= 11 is 0. The minimum Gasteiger partial charge on any atom is -0.434 e. The average molecular weight is 179 g/mol. The summed E-state index contributed by atoms with van der Waals surface area (Å²) in [5.41, 5.74) is 0. The molecular formula is C4H8B3N3O3. The van der Waals surface area contributed by atoms with Crippen LogP contribution in [0.4, 0.5) is 0 Å². The normalized spacial score (nSPS) is 18.0. The van der Waals surface area contributed by atoms with Gasteiger partial charge in [-0.1, -0.05) is 0 Å². The Morgan fingerprint density at radius 2 is 1.62 bits per heavy atom. The third-order valence-corrected chi connectivity index (χ3v) is 1.39. The molecule has 0 radical (unpaired) electrons. The number of hydrogen-bond donors (Lipinski definition) is 0. The fourth-order valence-corrected chi connectivity index (χ4v) is 0.787. The second kappa shape index (κ2) is 4.95. The number of hydrogen-bond acceptors (Lipinski definition) is 6. The van der Waals surface area contributed by atoms with Gasteiger partial charge in [0.1, 0.15) is 0 Å². The van der Waals surface area contributed by atoms with Crippen LogP contribution in [-0.2, 0) is 13.8 Å². The number of nitrogens with zero attached hydrogens (tertiary/aromatic N) is 3. The molecule has 0 aromatic heterocycles. The fraction of sp³-hybridized carbons (Fsp3) is 0.250. The van der Waals surface area contributed by atoms with E-state index in [1.807, 2.05) is 0 Å². The van der Waals surface area contributed by atoms with E-state index in [0.717, 1.165) is 0 Å².